The highest BCUT2D eigenvalue weighted by molar-refractivity contribution is 5.95. The molecule has 0 radical (unpaired) electrons. The van der Waals surface area contributed by atoms with Crippen LogP contribution in [-0.2, 0) is 6.54 Å². The summed E-state index contributed by atoms with van der Waals surface area (Å²) in [6.07, 6.45) is 6.77. The monoisotopic (exact) mass is 426 g/mol. The summed E-state index contributed by atoms with van der Waals surface area (Å²) in [7, 11) is 0. The predicted octanol–water partition coefficient (Wildman–Crippen LogP) is 1.78. The van der Waals surface area contributed by atoms with Crippen molar-refractivity contribution in [1.29, 1.82) is 0 Å². The fourth-order valence-corrected chi connectivity index (χ4v) is 4.48. The normalized spacial score (nSPS) is 19.9. The minimum absolute atomic E-state index is 0.0665. The van der Waals surface area contributed by atoms with Crippen LogP contribution in [-0.4, -0.2) is 53.5 Å². The maximum Gasteiger partial charge on any atom is 0.289 e. The van der Waals surface area contributed by atoms with Crippen LogP contribution in [0.25, 0.3) is 0 Å². The topological polar surface area (TPSA) is 96.6 Å². The van der Waals surface area contributed by atoms with Crippen molar-refractivity contribution in [2.75, 3.05) is 26.2 Å². The molecule has 0 spiro atoms. The summed E-state index contributed by atoms with van der Waals surface area (Å²) in [6.45, 7) is 5.43. The van der Waals surface area contributed by atoms with Gasteiger partial charge in [0.25, 0.3) is 17.4 Å². The maximum absolute atomic E-state index is 13.0. The lowest BCUT2D eigenvalue weighted by atomic mass is 9.99. The summed E-state index contributed by atoms with van der Waals surface area (Å²) in [6, 6.07) is 5.13. The van der Waals surface area contributed by atoms with Gasteiger partial charge in [-0.1, -0.05) is 0 Å². The van der Waals surface area contributed by atoms with Crippen molar-refractivity contribution in [3.05, 3.63) is 57.9 Å². The quantitative estimate of drug-likeness (QED) is 0.760. The molecule has 4 heterocycles. The molecule has 8 heteroatoms. The van der Waals surface area contributed by atoms with Gasteiger partial charge in [-0.2, -0.15) is 0 Å². The van der Waals surface area contributed by atoms with Gasteiger partial charge in [-0.3, -0.25) is 14.4 Å². The van der Waals surface area contributed by atoms with Gasteiger partial charge >= 0.3 is 0 Å². The summed E-state index contributed by atoms with van der Waals surface area (Å²) in [5.74, 6) is 0.278. The highest BCUT2D eigenvalue weighted by Crippen LogP contribution is 2.16. The van der Waals surface area contributed by atoms with Crippen LogP contribution in [0.2, 0.25) is 0 Å². The number of likely N-dealkylation sites (tertiary alicyclic amines) is 1. The van der Waals surface area contributed by atoms with Crippen molar-refractivity contribution in [3.63, 3.8) is 0 Å². The second kappa shape index (κ2) is 9.51. The van der Waals surface area contributed by atoms with Gasteiger partial charge in [-0.25, -0.2) is 0 Å². The molecule has 0 aliphatic carbocycles. The van der Waals surface area contributed by atoms with E-state index in [4.69, 9.17) is 4.42 Å². The Balaban J connectivity index is 1.38. The van der Waals surface area contributed by atoms with E-state index in [0.717, 1.165) is 25.9 Å². The highest BCUT2D eigenvalue weighted by Gasteiger charge is 2.27. The zero-order valence-corrected chi connectivity index (χ0v) is 17.9. The first-order chi connectivity index (χ1) is 15.0. The number of hydrogen-bond acceptors (Lipinski definition) is 5. The first-order valence-corrected chi connectivity index (χ1v) is 11.1. The van der Waals surface area contributed by atoms with Crippen molar-refractivity contribution >= 4 is 11.8 Å². The predicted molar refractivity (Wildman–Crippen MR) is 116 cm³/mol. The van der Waals surface area contributed by atoms with Gasteiger partial charge in [0.15, 0.2) is 5.76 Å². The molecule has 2 saturated heterocycles. The Morgan fingerprint density at radius 1 is 1.23 bits per heavy atom. The van der Waals surface area contributed by atoms with Crippen LogP contribution < -0.4 is 16.2 Å². The smallest absolute Gasteiger partial charge is 0.289 e. The molecule has 0 aromatic carbocycles. The fraction of sp³-hybridized carbons (Fsp3) is 0.522. The number of carbonyl (C=O) groups excluding carboxylic acids is 2. The summed E-state index contributed by atoms with van der Waals surface area (Å²) in [4.78, 5) is 40.1. The molecule has 166 valence electrons. The first-order valence-electron chi connectivity index (χ1n) is 11.1. The number of nitrogens with one attached hydrogen (secondary N) is 2. The van der Waals surface area contributed by atoms with E-state index >= 15 is 0 Å². The van der Waals surface area contributed by atoms with E-state index in [0.29, 0.717) is 49.7 Å². The molecule has 8 nitrogen and oxygen atoms in total. The third-order valence-electron chi connectivity index (χ3n) is 6.30. The van der Waals surface area contributed by atoms with Crippen molar-refractivity contribution in [2.24, 2.45) is 5.92 Å². The SMILES string of the molecule is Cc1ccn(CC2CCCNC2)c(=O)c1C(=O)NC1CCN(C(=O)c2ccco2)CC1. The summed E-state index contributed by atoms with van der Waals surface area (Å²) >= 11 is 0. The summed E-state index contributed by atoms with van der Waals surface area (Å²) in [5.41, 5.74) is 0.680. The van der Waals surface area contributed by atoms with Crippen molar-refractivity contribution in [3.8, 4) is 0 Å². The zero-order chi connectivity index (χ0) is 21.8. The van der Waals surface area contributed by atoms with Crippen molar-refractivity contribution in [1.82, 2.24) is 20.1 Å². The molecule has 2 N–H and O–H groups in total. The Hall–Kier alpha value is -2.87. The van der Waals surface area contributed by atoms with E-state index in [9.17, 15) is 14.4 Å². The molecule has 0 saturated carbocycles. The van der Waals surface area contributed by atoms with Crippen LogP contribution >= 0.6 is 0 Å². The summed E-state index contributed by atoms with van der Waals surface area (Å²) in [5, 5.41) is 6.39. The molecule has 4 rings (SSSR count). The lowest BCUT2D eigenvalue weighted by Gasteiger charge is -2.32. The Kier molecular flexibility index (Phi) is 6.56. The van der Waals surface area contributed by atoms with Gasteiger partial charge in [0, 0.05) is 31.9 Å². The average Bonchev–Trinajstić information content (AvgIpc) is 3.32. The molecular formula is C23H30N4O4. The number of rotatable bonds is 5. The van der Waals surface area contributed by atoms with E-state index in [1.165, 1.54) is 6.26 Å². The average molecular weight is 427 g/mol. The van der Waals surface area contributed by atoms with Crippen LogP contribution in [0.5, 0.6) is 0 Å². The van der Waals surface area contributed by atoms with Gasteiger partial charge in [0.05, 0.1) is 6.26 Å². The van der Waals surface area contributed by atoms with E-state index in [1.807, 2.05) is 6.07 Å². The molecule has 0 bridgehead atoms. The van der Waals surface area contributed by atoms with Gasteiger partial charge in [-0.05, 0) is 75.4 Å². The maximum atomic E-state index is 13.0. The number of amides is 2. The molecule has 2 fully saturated rings. The van der Waals surface area contributed by atoms with E-state index in [-0.39, 0.29) is 29.0 Å². The Morgan fingerprint density at radius 2 is 2.03 bits per heavy atom. The molecule has 2 aliphatic heterocycles. The molecule has 2 aliphatic rings. The Labute approximate surface area is 181 Å². The van der Waals surface area contributed by atoms with Crippen molar-refractivity contribution < 1.29 is 14.0 Å². The molecular weight excluding hydrogens is 396 g/mol. The van der Waals surface area contributed by atoms with Gasteiger partial charge in [-0.15, -0.1) is 0 Å². The van der Waals surface area contributed by atoms with Crippen LogP contribution in [0.15, 0.2) is 39.9 Å². The summed E-state index contributed by atoms with van der Waals surface area (Å²) < 4.78 is 6.86. The van der Waals surface area contributed by atoms with Gasteiger partial charge in [0.2, 0.25) is 0 Å². The van der Waals surface area contributed by atoms with E-state index < -0.39 is 0 Å². The van der Waals surface area contributed by atoms with E-state index in [2.05, 4.69) is 10.6 Å². The third-order valence-corrected chi connectivity index (χ3v) is 6.30. The molecule has 1 unspecified atom stereocenters. The van der Waals surface area contributed by atoms with Crippen LogP contribution in [0, 0.1) is 12.8 Å². The largest absolute Gasteiger partial charge is 0.459 e. The lowest BCUT2D eigenvalue weighted by molar-refractivity contribution is 0.0667. The van der Waals surface area contributed by atoms with Crippen molar-refractivity contribution in [2.45, 2.75) is 45.2 Å². The third kappa shape index (κ3) is 4.90. The number of aromatic nitrogens is 1. The van der Waals surface area contributed by atoms with E-state index in [1.54, 1.807) is 34.7 Å². The number of pyridine rings is 1. The Morgan fingerprint density at radius 3 is 2.71 bits per heavy atom. The van der Waals surface area contributed by atoms with Crippen LogP contribution in [0.1, 0.15) is 52.2 Å². The first kappa shape index (κ1) is 21.4. The van der Waals surface area contributed by atoms with Crippen LogP contribution in [0.4, 0.5) is 0 Å². The van der Waals surface area contributed by atoms with Gasteiger partial charge < -0.3 is 24.5 Å². The molecule has 31 heavy (non-hydrogen) atoms. The molecule has 2 aromatic rings. The molecule has 1 atom stereocenters. The minimum atomic E-state index is -0.325. The number of carbonyl (C=O) groups is 2. The minimum Gasteiger partial charge on any atom is -0.459 e. The lowest BCUT2D eigenvalue weighted by Crippen LogP contribution is -2.47. The fourth-order valence-electron chi connectivity index (χ4n) is 4.48. The van der Waals surface area contributed by atoms with Crippen LogP contribution in [0.3, 0.4) is 0 Å². The second-order valence-corrected chi connectivity index (χ2v) is 8.56. The molecule has 2 aromatic heterocycles. The number of piperidine rings is 2. The number of nitrogens with zero attached hydrogens (tertiary/aromatic N) is 2. The zero-order valence-electron chi connectivity index (χ0n) is 17.9. The Bertz CT molecular complexity index is 968. The number of hydrogen-bond donors (Lipinski definition) is 2. The highest BCUT2D eigenvalue weighted by atomic mass is 16.3. The number of furan rings is 1. The van der Waals surface area contributed by atoms with Gasteiger partial charge in [0.1, 0.15) is 5.56 Å². The second-order valence-electron chi connectivity index (χ2n) is 8.56. The standard InChI is InChI=1S/C23H30N4O4/c1-16-6-10-27(15-17-4-2-9-24-14-17)23(30)20(16)21(28)25-18-7-11-26(12-8-18)22(29)19-5-3-13-31-19/h3,5-6,10,13,17-18,24H,2,4,7-9,11-12,14-15H2,1H3,(H,25,28). The molecule has 2 amide bonds. The number of aryl methyl sites for hydroxylation is 1.